The van der Waals surface area contributed by atoms with Crippen LogP contribution in [-0.2, 0) is 35.1 Å². The number of allylic oxidation sites excluding steroid dienone is 1. The number of aliphatic carboxylic acids is 2. The van der Waals surface area contributed by atoms with Crippen molar-refractivity contribution in [1.29, 1.82) is 0 Å². The third-order valence-corrected chi connectivity index (χ3v) is 8.62. The fraction of sp³-hybridized carbons (Fsp3) is 0.625. The van der Waals surface area contributed by atoms with Crippen LogP contribution < -0.4 is 15.8 Å². The molecule has 290 valence electrons. The lowest BCUT2D eigenvalue weighted by Crippen LogP contribution is -2.55. The molecule has 0 aliphatic carbocycles. The highest BCUT2D eigenvalue weighted by atomic mass is 16.5. The number of ether oxygens (including phenoxy) is 2. The zero-order valence-corrected chi connectivity index (χ0v) is 31.0. The molecule has 0 fully saturated rings. The van der Waals surface area contributed by atoms with Gasteiger partial charge in [-0.1, -0.05) is 75.7 Å². The van der Waals surface area contributed by atoms with Crippen LogP contribution in [0.3, 0.4) is 0 Å². The van der Waals surface area contributed by atoms with Crippen molar-refractivity contribution in [3.05, 3.63) is 42.0 Å². The van der Waals surface area contributed by atoms with Crippen molar-refractivity contribution in [1.82, 2.24) is 5.32 Å². The minimum atomic E-state index is -2.92. The smallest absolute Gasteiger partial charge is 0.337 e. The van der Waals surface area contributed by atoms with Crippen LogP contribution in [-0.4, -0.2) is 76.3 Å². The lowest BCUT2D eigenvalue weighted by Gasteiger charge is -2.30. The molecule has 0 aromatic heterocycles. The quantitative estimate of drug-likeness (QED) is 0.0289. The van der Waals surface area contributed by atoms with E-state index in [9.17, 15) is 39.3 Å². The van der Waals surface area contributed by atoms with Crippen LogP contribution in [0.15, 0.2) is 36.4 Å². The van der Waals surface area contributed by atoms with Crippen molar-refractivity contribution in [2.24, 2.45) is 11.7 Å². The van der Waals surface area contributed by atoms with Crippen molar-refractivity contribution >= 4 is 29.6 Å². The Morgan fingerprint density at radius 1 is 0.904 bits per heavy atom. The Balaban J connectivity index is 2.98. The van der Waals surface area contributed by atoms with E-state index in [1.165, 1.54) is 12.5 Å². The molecule has 0 unspecified atom stereocenters. The highest BCUT2D eigenvalue weighted by Gasteiger charge is 2.49. The van der Waals surface area contributed by atoms with Gasteiger partial charge in [0.1, 0.15) is 24.2 Å². The summed E-state index contributed by atoms with van der Waals surface area (Å²) in [5.74, 6) is -0.825. The largest absolute Gasteiger partial charge is 0.481 e. The Morgan fingerprint density at radius 3 is 2.13 bits per heavy atom. The summed E-state index contributed by atoms with van der Waals surface area (Å²) in [6, 6.07) is 5.06. The topological polar surface area (TPSA) is 203 Å². The van der Waals surface area contributed by atoms with Gasteiger partial charge in [-0.2, -0.15) is 0 Å². The van der Waals surface area contributed by atoms with Gasteiger partial charge in [-0.05, 0) is 76.1 Å². The molecule has 1 aromatic carbocycles. The van der Waals surface area contributed by atoms with Crippen molar-refractivity contribution < 1.29 is 48.8 Å². The number of Topliss-reactive ketones (excluding diaryl/α,β-unsaturated/α-hetero) is 1. The van der Waals surface area contributed by atoms with Crippen molar-refractivity contribution in [2.75, 3.05) is 19.8 Å². The van der Waals surface area contributed by atoms with E-state index in [0.717, 1.165) is 51.4 Å². The van der Waals surface area contributed by atoms with E-state index in [4.69, 9.17) is 15.2 Å². The van der Waals surface area contributed by atoms with E-state index >= 15 is 0 Å². The fourth-order valence-corrected chi connectivity index (χ4v) is 5.49. The highest BCUT2D eigenvalue weighted by Crippen LogP contribution is 2.26. The Bertz CT molecular complexity index is 1320. The number of ketones is 1. The lowest BCUT2D eigenvalue weighted by atomic mass is 9.82. The summed E-state index contributed by atoms with van der Waals surface area (Å²) in [4.78, 5) is 63.1. The van der Waals surface area contributed by atoms with Crippen LogP contribution in [0, 0.1) is 17.8 Å². The number of esters is 1. The van der Waals surface area contributed by atoms with Crippen LogP contribution in [0.2, 0.25) is 0 Å². The number of amides is 1. The van der Waals surface area contributed by atoms with Crippen LogP contribution >= 0.6 is 0 Å². The number of benzene rings is 1. The van der Waals surface area contributed by atoms with E-state index < -0.39 is 47.8 Å². The van der Waals surface area contributed by atoms with Gasteiger partial charge in [0.15, 0.2) is 5.60 Å². The molecule has 0 spiro atoms. The molecule has 0 saturated heterocycles. The second-order valence-electron chi connectivity index (χ2n) is 13.0. The van der Waals surface area contributed by atoms with E-state index in [1.807, 2.05) is 0 Å². The Labute approximate surface area is 308 Å². The summed E-state index contributed by atoms with van der Waals surface area (Å²) in [6.07, 6.45) is 13.7. The number of unbranched alkanes of at least 4 members (excludes halogenated alkanes) is 10. The number of rotatable bonds is 30. The molecule has 0 bridgehead atoms. The first-order valence-corrected chi connectivity index (χ1v) is 18.6. The molecule has 1 rings (SSSR count). The Hall–Kier alpha value is -4.21. The minimum absolute atomic E-state index is 0.0112. The molecular formula is C40H60N2O10. The van der Waals surface area contributed by atoms with Gasteiger partial charge in [0.25, 0.3) is 0 Å². The van der Waals surface area contributed by atoms with Gasteiger partial charge in [-0.15, -0.1) is 5.92 Å². The van der Waals surface area contributed by atoms with E-state index in [2.05, 4.69) is 24.1 Å². The molecule has 12 heteroatoms. The Morgan fingerprint density at radius 2 is 1.54 bits per heavy atom. The van der Waals surface area contributed by atoms with Gasteiger partial charge >= 0.3 is 17.9 Å². The van der Waals surface area contributed by atoms with Gasteiger partial charge in [0.05, 0.1) is 18.9 Å². The van der Waals surface area contributed by atoms with Gasteiger partial charge in [0, 0.05) is 19.3 Å². The van der Waals surface area contributed by atoms with E-state index in [1.54, 1.807) is 37.3 Å². The number of aliphatic hydroxyl groups is 1. The summed E-state index contributed by atoms with van der Waals surface area (Å²) in [7, 11) is 0. The number of carboxylic acid groups (broad SMARTS) is 2. The number of nitrogens with one attached hydrogen (secondary N) is 1. The first-order chi connectivity index (χ1) is 25.0. The molecule has 6 N–H and O–H groups in total. The third-order valence-electron chi connectivity index (χ3n) is 8.62. The SMILES string of the molecule is CC#CCOc1ccc(C[C@H](NC(=O)[C@@H](/C=C/CCCCCCC(=O)CCCCCCC)[C@@](O)(CC(=O)OCCCCCN)C(=O)O)C(=O)O)cc1. The molecule has 3 atom stereocenters. The molecule has 1 amide bonds. The molecule has 12 nitrogen and oxygen atoms in total. The molecule has 1 aromatic rings. The third kappa shape index (κ3) is 19.4. The first-order valence-electron chi connectivity index (χ1n) is 18.6. The Kier molecular flexibility index (Phi) is 24.2. The maximum atomic E-state index is 13.6. The second kappa shape index (κ2) is 27.4. The number of carboxylic acids is 2. The van der Waals surface area contributed by atoms with Crippen LogP contribution in [0.1, 0.15) is 122 Å². The monoisotopic (exact) mass is 728 g/mol. The highest BCUT2D eigenvalue weighted by molar-refractivity contribution is 5.95. The molecule has 0 saturated carbocycles. The molecule has 0 heterocycles. The summed E-state index contributed by atoms with van der Waals surface area (Å²) in [5.41, 5.74) is 3.11. The van der Waals surface area contributed by atoms with E-state index in [0.29, 0.717) is 56.4 Å². The van der Waals surface area contributed by atoms with Crippen LogP contribution in [0.5, 0.6) is 5.75 Å². The van der Waals surface area contributed by atoms with E-state index in [-0.39, 0.29) is 25.4 Å². The molecular weight excluding hydrogens is 668 g/mol. The summed E-state index contributed by atoms with van der Waals surface area (Å²) >= 11 is 0. The number of carbonyl (C=O) groups excluding carboxylic acids is 3. The van der Waals surface area contributed by atoms with Gasteiger partial charge in [0.2, 0.25) is 5.91 Å². The number of carbonyl (C=O) groups is 5. The predicted molar refractivity (Wildman–Crippen MR) is 198 cm³/mol. The average Bonchev–Trinajstić information content (AvgIpc) is 3.11. The van der Waals surface area contributed by atoms with Gasteiger partial charge in [-0.25, -0.2) is 9.59 Å². The van der Waals surface area contributed by atoms with Crippen molar-refractivity contribution in [3.8, 4) is 17.6 Å². The number of nitrogens with two attached hydrogens (primary N) is 1. The number of hydrogen-bond acceptors (Lipinski definition) is 9. The normalized spacial score (nSPS) is 13.3. The zero-order valence-electron chi connectivity index (χ0n) is 31.0. The molecule has 52 heavy (non-hydrogen) atoms. The maximum Gasteiger partial charge on any atom is 0.337 e. The zero-order chi connectivity index (χ0) is 38.6. The summed E-state index contributed by atoms with van der Waals surface area (Å²) in [6.45, 7) is 4.49. The second-order valence-corrected chi connectivity index (χ2v) is 13.0. The number of hydrogen-bond donors (Lipinski definition) is 5. The lowest BCUT2D eigenvalue weighted by molar-refractivity contribution is -0.174. The summed E-state index contributed by atoms with van der Waals surface area (Å²) < 4.78 is 10.6. The van der Waals surface area contributed by atoms with Crippen LogP contribution in [0.4, 0.5) is 0 Å². The van der Waals surface area contributed by atoms with Crippen LogP contribution in [0.25, 0.3) is 0 Å². The predicted octanol–water partition coefficient (Wildman–Crippen LogP) is 5.52. The van der Waals surface area contributed by atoms with Gasteiger partial charge < -0.3 is 35.8 Å². The van der Waals surface area contributed by atoms with Crippen molar-refractivity contribution in [3.63, 3.8) is 0 Å². The fourth-order valence-electron chi connectivity index (χ4n) is 5.49. The maximum absolute atomic E-state index is 13.6. The molecule has 0 aliphatic rings. The average molecular weight is 729 g/mol. The van der Waals surface area contributed by atoms with Gasteiger partial charge in [-0.3, -0.25) is 14.4 Å². The molecule has 0 radical (unpaired) electrons. The standard InChI is InChI=1S/C40H60N2O10/c1-3-5-7-10-14-19-32(43)20-15-11-8-9-12-16-21-34(40(50,39(48)49)30-36(44)52-28-18-13-17-26-41)37(45)42-35(38(46)47)29-31-22-24-33(25-23-31)51-27-6-4-2/h16,21-25,34-35,50H,3,5,7-15,17-20,26-30,41H2,1-2H3,(H,42,45)(H,46,47)(H,48,49)/b21-16+/t34-,35+,40+/m1/s1. The first kappa shape index (κ1) is 45.8. The molecule has 0 aliphatic heterocycles. The minimum Gasteiger partial charge on any atom is -0.481 e. The van der Waals surface area contributed by atoms with Crippen molar-refractivity contribution in [2.45, 2.75) is 135 Å². The summed E-state index contributed by atoms with van der Waals surface area (Å²) in [5, 5.41) is 33.8.